The van der Waals surface area contributed by atoms with Gasteiger partial charge in [0.2, 0.25) is 5.91 Å². The first-order chi connectivity index (χ1) is 18.7. The van der Waals surface area contributed by atoms with Gasteiger partial charge in [0.05, 0.1) is 33.4 Å². The molecule has 1 atom stereocenters. The van der Waals surface area contributed by atoms with Crippen LogP contribution >= 0.6 is 11.6 Å². The minimum absolute atomic E-state index is 0.0269. The second-order valence-corrected chi connectivity index (χ2v) is 11.5. The van der Waals surface area contributed by atoms with Crippen LogP contribution in [0.3, 0.4) is 0 Å². The van der Waals surface area contributed by atoms with Gasteiger partial charge in [0.25, 0.3) is 10.0 Å². The minimum Gasteiger partial charge on any atom is -0.313 e. The van der Waals surface area contributed by atoms with Crippen molar-refractivity contribution in [3.8, 4) is 11.1 Å². The number of halogens is 1. The van der Waals surface area contributed by atoms with Gasteiger partial charge in [-0.05, 0) is 60.5 Å². The van der Waals surface area contributed by atoms with Gasteiger partial charge in [0.1, 0.15) is 0 Å². The lowest BCUT2D eigenvalue weighted by Crippen LogP contribution is -2.37. The zero-order valence-electron chi connectivity index (χ0n) is 21.0. The van der Waals surface area contributed by atoms with Gasteiger partial charge >= 0.3 is 0 Å². The van der Waals surface area contributed by atoms with E-state index in [-0.39, 0.29) is 21.6 Å². The minimum atomic E-state index is -3.87. The number of likely N-dealkylation sites (N-methyl/N-ethyl adjacent to an activating group) is 1. The Hall–Kier alpha value is -4.34. The highest BCUT2D eigenvalue weighted by Gasteiger charge is 2.48. The van der Waals surface area contributed by atoms with Crippen molar-refractivity contribution in [1.29, 1.82) is 0 Å². The number of anilines is 2. The van der Waals surface area contributed by atoms with Crippen molar-refractivity contribution in [3.63, 3.8) is 0 Å². The number of sulfonamides is 1. The van der Waals surface area contributed by atoms with E-state index in [1.807, 2.05) is 37.3 Å². The van der Waals surface area contributed by atoms with Crippen LogP contribution in [0.25, 0.3) is 22.0 Å². The van der Waals surface area contributed by atoms with E-state index in [9.17, 15) is 13.2 Å². The Morgan fingerprint density at radius 3 is 2.41 bits per heavy atom. The van der Waals surface area contributed by atoms with E-state index in [4.69, 9.17) is 11.6 Å². The highest BCUT2D eigenvalue weighted by molar-refractivity contribution is 7.92. The second kappa shape index (κ2) is 9.14. The molecule has 194 valence electrons. The Labute approximate surface area is 230 Å². The van der Waals surface area contributed by atoms with Gasteiger partial charge in [-0.15, -0.1) is 0 Å². The highest BCUT2D eigenvalue weighted by Crippen LogP contribution is 2.48. The standard InChI is InChI=1S/C29H22ClN5O3S/c1-29(20-10-12-31-13-11-20)26-22-14-18(8-9-23(22)32-17-25(26)35(2)28(29)36)19-15-24(27(30)33-16-19)34-39(37,38)21-6-4-3-5-7-21/h3-17,34H,1-2H3. The molecule has 2 aromatic carbocycles. The van der Waals surface area contributed by atoms with E-state index in [0.717, 1.165) is 33.3 Å². The molecule has 8 nitrogen and oxygen atoms in total. The molecular formula is C29H22ClN5O3S. The van der Waals surface area contributed by atoms with Gasteiger partial charge in [0, 0.05) is 42.2 Å². The molecule has 5 aromatic rings. The summed E-state index contributed by atoms with van der Waals surface area (Å²) in [6.45, 7) is 1.92. The summed E-state index contributed by atoms with van der Waals surface area (Å²) in [4.78, 5) is 28.3. The summed E-state index contributed by atoms with van der Waals surface area (Å²) in [5.74, 6) is -0.0610. The fraction of sp³-hybridized carbons (Fsp3) is 0.103. The SMILES string of the molecule is CN1C(=O)C(C)(c2ccncc2)c2c1cnc1ccc(-c3cnc(Cl)c(NS(=O)(=O)c4ccccc4)c3)cc21. The number of amides is 1. The number of carbonyl (C=O) groups excluding carboxylic acids is 1. The molecule has 0 aliphatic carbocycles. The number of carbonyl (C=O) groups is 1. The predicted octanol–water partition coefficient (Wildman–Crippen LogP) is 5.43. The van der Waals surface area contributed by atoms with Crippen LogP contribution in [0, 0.1) is 0 Å². The number of fused-ring (bicyclic) bond motifs is 3. The van der Waals surface area contributed by atoms with Gasteiger partial charge in [-0.25, -0.2) is 13.4 Å². The molecule has 0 spiro atoms. The molecule has 4 heterocycles. The Balaban J connectivity index is 1.49. The summed E-state index contributed by atoms with van der Waals surface area (Å²) in [5, 5.41) is 0.836. The lowest BCUT2D eigenvalue weighted by molar-refractivity contribution is -0.121. The van der Waals surface area contributed by atoms with E-state index in [1.165, 1.54) is 12.1 Å². The smallest absolute Gasteiger partial charge is 0.261 e. The number of hydrogen-bond acceptors (Lipinski definition) is 6. The van der Waals surface area contributed by atoms with Crippen LogP contribution in [0.5, 0.6) is 0 Å². The maximum atomic E-state index is 13.6. The van der Waals surface area contributed by atoms with Crippen molar-refractivity contribution >= 4 is 49.8 Å². The average molecular weight is 556 g/mol. The van der Waals surface area contributed by atoms with Crippen molar-refractivity contribution in [2.75, 3.05) is 16.7 Å². The molecule has 0 saturated carbocycles. The lowest BCUT2D eigenvalue weighted by Gasteiger charge is -2.24. The van der Waals surface area contributed by atoms with Crippen LogP contribution in [0.1, 0.15) is 18.1 Å². The summed E-state index contributed by atoms with van der Waals surface area (Å²) in [6, 6.07) is 19.1. The first-order valence-corrected chi connectivity index (χ1v) is 13.9. The van der Waals surface area contributed by atoms with Crippen LogP contribution in [0.2, 0.25) is 5.15 Å². The first-order valence-electron chi connectivity index (χ1n) is 12.1. The maximum absolute atomic E-state index is 13.6. The van der Waals surface area contributed by atoms with Crippen molar-refractivity contribution in [3.05, 3.63) is 108 Å². The molecule has 0 saturated heterocycles. The van der Waals surface area contributed by atoms with Crippen LogP contribution < -0.4 is 9.62 Å². The first kappa shape index (κ1) is 25.0. The topological polar surface area (TPSA) is 105 Å². The van der Waals surface area contributed by atoms with Crippen LogP contribution in [-0.2, 0) is 20.2 Å². The predicted molar refractivity (Wildman–Crippen MR) is 151 cm³/mol. The molecule has 1 N–H and O–H groups in total. The molecule has 10 heteroatoms. The summed E-state index contributed by atoms with van der Waals surface area (Å²) in [5.41, 5.74) is 3.76. The van der Waals surface area contributed by atoms with E-state index in [1.54, 1.807) is 61.0 Å². The molecule has 0 radical (unpaired) electrons. The summed E-state index contributed by atoms with van der Waals surface area (Å²) in [6.07, 6.45) is 6.66. The summed E-state index contributed by atoms with van der Waals surface area (Å²) >= 11 is 6.29. The molecule has 39 heavy (non-hydrogen) atoms. The summed E-state index contributed by atoms with van der Waals surface area (Å²) < 4.78 is 28.4. The van der Waals surface area contributed by atoms with Gasteiger partial charge in [-0.2, -0.15) is 0 Å². The van der Waals surface area contributed by atoms with Crippen LogP contribution in [0.15, 0.2) is 96.4 Å². The number of pyridine rings is 3. The Kier molecular flexibility index (Phi) is 5.85. The third-order valence-electron chi connectivity index (χ3n) is 7.17. The van der Waals surface area contributed by atoms with Crippen molar-refractivity contribution < 1.29 is 13.2 Å². The number of hydrogen-bond donors (Lipinski definition) is 1. The van der Waals surface area contributed by atoms with Gasteiger partial charge in [0.15, 0.2) is 5.15 Å². The third-order valence-corrected chi connectivity index (χ3v) is 8.85. The van der Waals surface area contributed by atoms with E-state index in [2.05, 4.69) is 19.7 Å². The van der Waals surface area contributed by atoms with E-state index < -0.39 is 15.4 Å². The largest absolute Gasteiger partial charge is 0.313 e. The number of aromatic nitrogens is 3. The van der Waals surface area contributed by atoms with Gasteiger partial charge < -0.3 is 4.90 Å². The molecule has 1 aliphatic rings. The molecule has 6 rings (SSSR count). The lowest BCUT2D eigenvalue weighted by atomic mass is 9.76. The van der Waals surface area contributed by atoms with Crippen molar-refractivity contribution in [2.45, 2.75) is 17.2 Å². The van der Waals surface area contributed by atoms with E-state index in [0.29, 0.717) is 5.56 Å². The number of rotatable bonds is 5. The zero-order valence-corrected chi connectivity index (χ0v) is 22.5. The maximum Gasteiger partial charge on any atom is 0.261 e. The normalized spacial score (nSPS) is 16.9. The van der Waals surface area contributed by atoms with Gasteiger partial charge in [-0.1, -0.05) is 35.9 Å². The van der Waals surface area contributed by atoms with Crippen LogP contribution in [-0.4, -0.2) is 36.3 Å². The molecule has 1 aliphatic heterocycles. The van der Waals surface area contributed by atoms with E-state index >= 15 is 0 Å². The van der Waals surface area contributed by atoms with Crippen LogP contribution in [0.4, 0.5) is 11.4 Å². The third kappa shape index (κ3) is 4.02. The molecule has 0 fully saturated rings. The second-order valence-electron chi connectivity index (χ2n) is 9.46. The monoisotopic (exact) mass is 555 g/mol. The zero-order chi connectivity index (χ0) is 27.4. The Morgan fingerprint density at radius 2 is 1.67 bits per heavy atom. The van der Waals surface area contributed by atoms with Crippen molar-refractivity contribution in [1.82, 2.24) is 15.0 Å². The molecular weight excluding hydrogens is 534 g/mol. The number of benzene rings is 2. The number of nitrogens with one attached hydrogen (secondary N) is 1. The Bertz CT molecular complexity index is 1870. The fourth-order valence-electron chi connectivity index (χ4n) is 5.13. The number of nitrogens with zero attached hydrogens (tertiary/aromatic N) is 4. The van der Waals surface area contributed by atoms with Crippen molar-refractivity contribution in [2.24, 2.45) is 0 Å². The molecule has 1 unspecified atom stereocenters. The molecule has 1 amide bonds. The quantitative estimate of drug-likeness (QED) is 0.290. The summed E-state index contributed by atoms with van der Waals surface area (Å²) in [7, 11) is -2.12. The fourth-order valence-corrected chi connectivity index (χ4v) is 6.41. The Morgan fingerprint density at radius 1 is 0.923 bits per heavy atom. The average Bonchev–Trinajstić information content (AvgIpc) is 3.16. The molecule has 3 aromatic heterocycles. The van der Waals surface area contributed by atoms with Gasteiger partial charge in [-0.3, -0.25) is 19.5 Å². The highest BCUT2D eigenvalue weighted by atomic mass is 35.5. The molecule has 0 bridgehead atoms.